The van der Waals surface area contributed by atoms with E-state index in [0.29, 0.717) is 29.7 Å². The monoisotopic (exact) mass is 633 g/mol. The van der Waals surface area contributed by atoms with Crippen molar-refractivity contribution in [2.75, 3.05) is 0 Å². The summed E-state index contributed by atoms with van der Waals surface area (Å²) in [6.07, 6.45) is -1.84. The minimum atomic E-state index is -4.86. The van der Waals surface area contributed by atoms with Crippen LogP contribution in [0.5, 0.6) is 11.5 Å². The SMILES string of the molecule is O=C(NS(=O)(=O)c1ccccc1)C1CC2(c3ccc(F)cc3)NC1CCC2NCc1cc(OC(F)(F)F)ccc1OC1CC1. The first-order valence-corrected chi connectivity index (χ1v) is 15.8. The topological polar surface area (TPSA) is 106 Å². The summed E-state index contributed by atoms with van der Waals surface area (Å²) in [6.45, 7) is 0.121. The molecule has 3 fully saturated rings. The molecule has 3 aromatic carbocycles. The third-order valence-electron chi connectivity index (χ3n) is 8.44. The highest BCUT2D eigenvalue weighted by molar-refractivity contribution is 7.90. The Morgan fingerprint density at radius 3 is 2.39 bits per heavy atom. The van der Waals surface area contributed by atoms with Crippen LogP contribution in [-0.2, 0) is 26.9 Å². The molecule has 2 bridgehead atoms. The van der Waals surface area contributed by atoms with Gasteiger partial charge < -0.3 is 20.1 Å². The third-order valence-corrected chi connectivity index (χ3v) is 9.80. The maximum atomic E-state index is 13.9. The van der Waals surface area contributed by atoms with Gasteiger partial charge in [-0.25, -0.2) is 17.5 Å². The molecule has 1 amide bonds. The number of piperidine rings is 1. The number of alkyl halides is 3. The summed E-state index contributed by atoms with van der Waals surface area (Å²) >= 11 is 0. The quantitative estimate of drug-likeness (QED) is 0.273. The van der Waals surface area contributed by atoms with Gasteiger partial charge in [0.2, 0.25) is 5.91 Å². The molecule has 3 aliphatic rings. The molecule has 4 unspecified atom stereocenters. The maximum absolute atomic E-state index is 13.9. The number of amides is 1. The smallest absolute Gasteiger partial charge is 0.490 e. The van der Waals surface area contributed by atoms with E-state index in [0.717, 1.165) is 12.8 Å². The van der Waals surface area contributed by atoms with E-state index in [2.05, 4.69) is 20.1 Å². The van der Waals surface area contributed by atoms with Gasteiger partial charge in [-0.1, -0.05) is 30.3 Å². The highest BCUT2D eigenvalue weighted by Gasteiger charge is 2.55. The average Bonchev–Trinajstić information content (AvgIpc) is 3.74. The lowest BCUT2D eigenvalue weighted by molar-refractivity contribution is -0.274. The molecule has 0 aromatic heterocycles. The summed E-state index contributed by atoms with van der Waals surface area (Å²) in [6, 6.07) is 16.7. The largest absolute Gasteiger partial charge is 0.573 e. The van der Waals surface area contributed by atoms with Gasteiger partial charge in [0.05, 0.1) is 22.5 Å². The number of hydrogen-bond acceptors (Lipinski definition) is 7. The van der Waals surface area contributed by atoms with E-state index in [4.69, 9.17) is 4.74 Å². The molecular weight excluding hydrogens is 602 g/mol. The zero-order valence-electron chi connectivity index (χ0n) is 23.4. The van der Waals surface area contributed by atoms with E-state index < -0.39 is 39.6 Å². The summed E-state index contributed by atoms with van der Waals surface area (Å²) in [4.78, 5) is 13.4. The number of carbonyl (C=O) groups is 1. The zero-order valence-corrected chi connectivity index (χ0v) is 24.3. The normalized spacial score (nSPS) is 25.0. The fourth-order valence-corrected chi connectivity index (χ4v) is 7.31. The van der Waals surface area contributed by atoms with E-state index in [1.807, 2.05) is 0 Å². The predicted octanol–water partition coefficient (Wildman–Crippen LogP) is 4.90. The van der Waals surface area contributed by atoms with Gasteiger partial charge in [-0.05, 0) is 80.1 Å². The van der Waals surface area contributed by atoms with Gasteiger partial charge in [0.1, 0.15) is 17.3 Å². The number of nitrogens with one attached hydrogen (secondary N) is 3. The van der Waals surface area contributed by atoms with Crippen LogP contribution in [0.2, 0.25) is 0 Å². The number of carbonyl (C=O) groups excluding carboxylic acids is 1. The Balaban J connectivity index is 1.26. The van der Waals surface area contributed by atoms with Crippen molar-refractivity contribution >= 4 is 15.9 Å². The Labute approximate surface area is 252 Å². The van der Waals surface area contributed by atoms with Crippen LogP contribution in [0.4, 0.5) is 17.6 Å². The van der Waals surface area contributed by atoms with Crippen LogP contribution >= 0.6 is 0 Å². The number of rotatable bonds is 10. The van der Waals surface area contributed by atoms with Gasteiger partial charge in [-0.3, -0.25) is 4.79 Å². The first-order chi connectivity index (χ1) is 20.9. The molecule has 3 aromatic rings. The van der Waals surface area contributed by atoms with Crippen LogP contribution in [0, 0.1) is 11.7 Å². The molecule has 13 heteroatoms. The van der Waals surface area contributed by atoms with Gasteiger partial charge in [-0.2, -0.15) is 0 Å². The van der Waals surface area contributed by atoms with Crippen molar-refractivity contribution in [2.45, 2.75) is 73.6 Å². The van der Waals surface area contributed by atoms with Crippen molar-refractivity contribution < 1.29 is 40.2 Å². The molecule has 234 valence electrons. The molecule has 0 spiro atoms. The lowest BCUT2D eigenvalue weighted by Gasteiger charge is -2.43. The number of halogens is 4. The second-order valence-electron chi connectivity index (χ2n) is 11.5. The average molecular weight is 634 g/mol. The molecule has 2 aliphatic heterocycles. The van der Waals surface area contributed by atoms with Crippen LogP contribution in [0.25, 0.3) is 0 Å². The van der Waals surface area contributed by atoms with E-state index in [1.165, 1.54) is 42.5 Å². The van der Waals surface area contributed by atoms with Crippen molar-refractivity contribution in [3.8, 4) is 11.5 Å². The third kappa shape index (κ3) is 6.54. The maximum Gasteiger partial charge on any atom is 0.573 e. The zero-order chi connectivity index (χ0) is 31.1. The molecule has 1 saturated carbocycles. The van der Waals surface area contributed by atoms with Gasteiger partial charge in [0, 0.05) is 24.2 Å². The lowest BCUT2D eigenvalue weighted by atomic mass is 9.78. The highest BCUT2D eigenvalue weighted by atomic mass is 32.2. The van der Waals surface area contributed by atoms with Crippen molar-refractivity contribution in [1.29, 1.82) is 0 Å². The predicted molar refractivity (Wildman–Crippen MR) is 152 cm³/mol. The molecule has 44 heavy (non-hydrogen) atoms. The van der Waals surface area contributed by atoms with E-state index in [-0.39, 0.29) is 41.8 Å². The number of hydrogen-bond donors (Lipinski definition) is 3. The fraction of sp³-hybridized carbons (Fsp3) is 0.387. The molecule has 2 saturated heterocycles. The molecule has 0 radical (unpaired) electrons. The Morgan fingerprint density at radius 2 is 1.70 bits per heavy atom. The van der Waals surface area contributed by atoms with Crippen molar-refractivity contribution in [1.82, 2.24) is 15.4 Å². The van der Waals surface area contributed by atoms with E-state index in [1.54, 1.807) is 30.3 Å². The lowest BCUT2D eigenvalue weighted by Crippen LogP contribution is -2.58. The number of fused-ring (bicyclic) bond motifs is 2. The number of sulfonamides is 1. The van der Waals surface area contributed by atoms with Gasteiger partial charge >= 0.3 is 6.36 Å². The molecule has 6 rings (SSSR count). The fourth-order valence-electron chi connectivity index (χ4n) is 6.26. The Hall–Kier alpha value is -3.68. The van der Waals surface area contributed by atoms with Gasteiger partial charge in [0.25, 0.3) is 10.0 Å². The first kappa shape index (κ1) is 30.4. The highest BCUT2D eigenvalue weighted by Crippen LogP contribution is 2.47. The molecular formula is C31H31F4N3O5S. The molecule has 2 heterocycles. The van der Waals surface area contributed by atoms with Gasteiger partial charge in [0.15, 0.2) is 0 Å². The van der Waals surface area contributed by atoms with Crippen molar-refractivity contribution in [3.63, 3.8) is 0 Å². The van der Waals surface area contributed by atoms with Gasteiger partial charge in [-0.15, -0.1) is 13.2 Å². The van der Waals surface area contributed by atoms with E-state index >= 15 is 0 Å². The Bertz CT molecular complexity index is 1620. The van der Waals surface area contributed by atoms with Crippen LogP contribution in [-0.4, -0.2) is 38.9 Å². The Kier molecular flexibility index (Phi) is 8.05. The molecule has 3 N–H and O–H groups in total. The standard InChI is InChI=1S/C31H31F4N3O5S/c32-21-8-6-20(7-9-21)30-17-25(29(39)38-44(40,41)24-4-2-1-3-5-24)26(37-30)13-15-28(30)36-18-19-16-23(43-31(33,34)35)12-14-27(19)42-22-10-11-22/h1-9,12,14,16,22,25-26,28,36-37H,10-11,13,15,17-18H2,(H,38,39). The second kappa shape index (κ2) is 11.7. The molecule has 1 aliphatic carbocycles. The summed E-state index contributed by atoms with van der Waals surface area (Å²) in [7, 11) is -4.10. The molecule has 4 atom stereocenters. The summed E-state index contributed by atoms with van der Waals surface area (Å²) in [5.41, 5.74) is 0.273. The van der Waals surface area contributed by atoms with Crippen LogP contribution in [0.3, 0.4) is 0 Å². The van der Waals surface area contributed by atoms with Crippen LogP contribution < -0.4 is 24.8 Å². The van der Waals surface area contributed by atoms with Crippen LogP contribution in [0.1, 0.15) is 43.2 Å². The first-order valence-electron chi connectivity index (χ1n) is 14.4. The minimum absolute atomic E-state index is 0.00654. The van der Waals surface area contributed by atoms with Crippen molar-refractivity contribution in [2.24, 2.45) is 5.92 Å². The minimum Gasteiger partial charge on any atom is -0.490 e. The summed E-state index contributed by atoms with van der Waals surface area (Å²) < 4.78 is 91.0. The Morgan fingerprint density at radius 1 is 0.977 bits per heavy atom. The summed E-state index contributed by atoms with van der Waals surface area (Å²) in [5, 5.41) is 6.99. The van der Waals surface area contributed by atoms with Crippen molar-refractivity contribution in [3.05, 3.63) is 89.7 Å². The molecule has 8 nitrogen and oxygen atoms in total. The number of benzene rings is 3. The second-order valence-corrected chi connectivity index (χ2v) is 13.2. The van der Waals surface area contributed by atoms with E-state index in [9.17, 15) is 30.8 Å². The summed E-state index contributed by atoms with van der Waals surface area (Å²) in [5.74, 6) is -1.73. The number of ether oxygens (including phenoxy) is 2. The van der Waals surface area contributed by atoms with Crippen LogP contribution in [0.15, 0.2) is 77.7 Å².